The van der Waals surface area contributed by atoms with Gasteiger partial charge < -0.3 is 4.90 Å². The average molecular weight is 364 g/mol. The van der Waals surface area contributed by atoms with Crippen LogP contribution in [-0.4, -0.2) is 0 Å². The Morgan fingerprint density at radius 3 is 1.82 bits per heavy atom. The van der Waals surface area contributed by atoms with Crippen LogP contribution in [0.25, 0.3) is 6.08 Å². The summed E-state index contributed by atoms with van der Waals surface area (Å²) in [7, 11) is 0. The van der Waals surface area contributed by atoms with Crippen molar-refractivity contribution in [1.82, 2.24) is 0 Å². The van der Waals surface area contributed by atoms with E-state index in [0.29, 0.717) is 5.92 Å². The molecule has 1 aliphatic carbocycles. The molecule has 0 amide bonds. The third kappa shape index (κ3) is 4.32. The minimum absolute atomic E-state index is 0.651. The van der Waals surface area contributed by atoms with Crippen LogP contribution in [-0.2, 0) is 0 Å². The number of rotatable bonds is 5. The highest BCUT2D eigenvalue weighted by atomic mass is 15.1. The van der Waals surface area contributed by atoms with Crippen molar-refractivity contribution in [2.24, 2.45) is 5.92 Å². The van der Waals surface area contributed by atoms with Crippen molar-refractivity contribution in [1.29, 1.82) is 0 Å². The van der Waals surface area contributed by atoms with Crippen LogP contribution in [0.3, 0.4) is 0 Å². The highest BCUT2D eigenvalue weighted by Gasteiger charge is 2.11. The number of nitrogens with zero attached hydrogens (tertiary/aromatic N) is 1. The van der Waals surface area contributed by atoms with Crippen molar-refractivity contribution in [3.63, 3.8) is 0 Å². The molecule has 0 fully saturated rings. The van der Waals surface area contributed by atoms with E-state index in [1.54, 1.807) is 0 Å². The van der Waals surface area contributed by atoms with Crippen molar-refractivity contribution in [2.75, 3.05) is 4.90 Å². The fourth-order valence-corrected chi connectivity index (χ4v) is 3.40. The maximum atomic E-state index is 2.31. The Kier molecular flexibility index (Phi) is 5.53. The molecule has 0 heterocycles. The molecule has 0 saturated carbocycles. The maximum absolute atomic E-state index is 2.31. The summed E-state index contributed by atoms with van der Waals surface area (Å²) in [6.07, 6.45) is 12.3. The monoisotopic (exact) mass is 363 g/mol. The molecule has 3 aromatic rings. The second kappa shape index (κ2) is 8.58. The molecule has 3 aromatic carbocycles. The molecular formula is C27H25N. The second-order valence-corrected chi connectivity index (χ2v) is 7.21. The molecule has 0 saturated heterocycles. The maximum Gasteiger partial charge on any atom is 0.0462 e. The minimum atomic E-state index is 0.651. The Morgan fingerprint density at radius 1 is 0.714 bits per heavy atom. The molecule has 1 heteroatoms. The first-order chi connectivity index (χ1) is 13.8. The number of hydrogen-bond acceptors (Lipinski definition) is 1. The zero-order valence-electron chi connectivity index (χ0n) is 16.2. The fraction of sp³-hybridized carbons (Fsp3) is 0.111. The van der Waals surface area contributed by atoms with Crippen LogP contribution < -0.4 is 4.90 Å². The number of hydrogen-bond donors (Lipinski definition) is 0. The second-order valence-electron chi connectivity index (χ2n) is 7.21. The van der Waals surface area contributed by atoms with E-state index in [2.05, 4.69) is 127 Å². The average Bonchev–Trinajstić information content (AvgIpc) is 2.76. The van der Waals surface area contributed by atoms with Gasteiger partial charge in [0, 0.05) is 17.1 Å². The largest absolute Gasteiger partial charge is 0.311 e. The van der Waals surface area contributed by atoms with Crippen molar-refractivity contribution < 1.29 is 0 Å². The lowest BCUT2D eigenvalue weighted by atomic mass is 9.98. The predicted molar refractivity (Wildman–Crippen MR) is 121 cm³/mol. The lowest BCUT2D eigenvalue weighted by molar-refractivity contribution is 0.733. The molecule has 1 atom stereocenters. The van der Waals surface area contributed by atoms with Crippen LogP contribution in [0.15, 0.2) is 115 Å². The fourth-order valence-electron chi connectivity index (χ4n) is 3.40. The van der Waals surface area contributed by atoms with Crippen LogP contribution in [0.2, 0.25) is 0 Å². The van der Waals surface area contributed by atoms with E-state index in [0.717, 1.165) is 23.5 Å². The summed E-state index contributed by atoms with van der Waals surface area (Å²) in [5.41, 5.74) is 5.96. The van der Waals surface area contributed by atoms with Crippen molar-refractivity contribution >= 4 is 23.1 Å². The van der Waals surface area contributed by atoms with Gasteiger partial charge >= 0.3 is 0 Å². The van der Waals surface area contributed by atoms with E-state index < -0.39 is 0 Å². The molecule has 1 aliphatic rings. The standard InChI is InChI=1S/C27H25N/c1-22-12-14-23(15-13-22)16-17-24-18-20-27(21-19-24)28(25-8-4-2-5-9-25)26-10-6-3-7-11-26/h2-12,14-22H,13H2,1H3/b17-16+. The van der Waals surface area contributed by atoms with Crippen LogP contribution in [0.5, 0.6) is 0 Å². The molecule has 0 bridgehead atoms. The van der Waals surface area contributed by atoms with Crippen molar-refractivity contribution in [3.8, 4) is 0 Å². The van der Waals surface area contributed by atoms with Gasteiger partial charge in [-0.2, -0.15) is 0 Å². The molecule has 138 valence electrons. The van der Waals surface area contributed by atoms with Crippen LogP contribution in [0.1, 0.15) is 18.9 Å². The first-order valence-corrected chi connectivity index (χ1v) is 9.86. The third-order valence-electron chi connectivity index (χ3n) is 4.99. The first kappa shape index (κ1) is 18.1. The van der Waals surface area contributed by atoms with Crippen LogP contribution in [0, 0.1) is 5.92 Å². The van der Waals surface area contributed by atoms with Gasteiger partial charge in [-0.3, -0.25) is 0 Å². The lowest BCUT2D eigenvalue weighted by Crippen LogP contribution is -2.09. The SMILES string of the molecule is CC1C=CC(/C=C/c2ccc(N(c3ccccc3)c3ccccc3)cc2)=CC1. The first-order valence-electron chi connectivity index (χ1n) is 9.86. The van der Waals surface area contributed by atoms with Gasteiger partial charge in [0.25, 0.3) is 0 Å². The Hall–Kier alpha value is -3.32. The van der Waals surface area contributed by atoms with Gasteiger partial charge in [0.05, 0.1) is 0 Å². The van der Waals surface area contributed by atoms with Crippen molar-refractivity contribution in [3.05, 3.63) is 120 Å². The Labute approximate surface area is 168 Å². The lowest BCUT2D eigenvalue weighted by Gasteiger charge is -2.25. The molecule has 1 unspecified atom stereocenters. The highest BCUT2D eigenvalue weighted by molar-refractivity contribution is 5.77. The number of allylic oxidation sites excluding steroid dienone is 5. The summed E-state index contributed by atoms with van der Waals surface area (Å²) in [5.74, 6) is 0.651. The number of benzene rings is 3. The Balaban J connectivity index is 1.59. The molecular weight excluding hydrogens is 338 g/mol. The van der Waals surface area contributed by atoms with E-state index in [1.807, 2.05) is 0 Å². The Bertz CT molecular complexity index is 940. The van der Waals surface area contributed by atoms with Gasteiger partial charge in [0.2, 0.25) is 0 Å². The molecule has 0 spiro atoms. The zero-order chi connectivity index (χ0) is 19.2. The van der Waals surface area contributed by atoms with Crippen LogP contribution >= 0.6 is 0 Å². The number of para-hydroxylation sites is 2. The summed E-state index contributed by atoms with van der Waals surface area (Å²) in [5, 5.41) is 0. The third-order valence-corrected chi connectivity index (χ3v) is 4.99. The topological polar surface area (TPSA) is 3.24 Å². The zero-order valence-corrected chi connectivity index (χ0v) is 16.2. The van der Waals surface area contributed by atoms with Gasteiger partial charge in [0.1, 0.15) is 0 Å². The quantitative estimate of drug-likeness (QED) is 0.449. The molecule has 28 heavy (non-hydrogen) atoms. The van der Waals surface area contributed by atoms with E-state index >= 15 is 0 Å². The summed E-state index contributed by atoms with van der Waals surface area (Å²) in [4.78, 5) is 2.28. The van der Waals surface area contributed by atoms with Crippen LogP contribution in [0.4, 0.5) is 17.1 Å². The van der Waals surface area contributed by atoms with Gasteiger partial charge in [0.15, 0.2) is 0 Å². The summed E-state index contributed by atoms with van der Waals surface area (Å²) in [6.45, 7) is 2.25. The van der Waals surface area contributed by atoms with Gasteiger partial charge in [-0.25, -0.2) is 0 Å². The minimum Gasteiger partial charge on any atom is -0.311 e. The summed E-state index contributed by atoms with van der Waals surface area (Å²) < 4.78 is 0. The number of anilines is 3. The predicted octanol–water partition coefficient (Wildman–Crippen LogP) is 7.69. The molecule has 0 N–H and O–H groups in total. The van der Waals surface area contributed by atoms with Crippen molar-refractivity contribution in [2.45, 2.75) is 13.3 Å². The Morgan fingerprint density at radius 2 is 1.29 bits per heavy atom. The van der Waals surface area contributed by atoms with E-state index in [-0.39, 0.29) is 0 Å². The molecule has 0 radical (unpaired) electrons. The van der Waals surface area contributed by atoms with Gasteiger partial charge in [-0.1, -0.05) is 85.8 Å². The summed E-state index contributed by atoms with van der Waals surface area (Å²) in [6, 6.07) is 29.7. The highest BCUT2D eigenvalue weighted by Crippen LogP contribution is 2.34. The van der Waals surface area contributed by atoms with E-state index in [4.69, 9.17) is 0 Å². The summed E-state index contributed by atoms with van der Waals surface area (Å²) >= 11 is 0. The van der Waals surface area contributed by atoms with Gasteiger partial charge in [-0.05, 0) is 59.9 Å². The molecule has 1 nitrogen and oxygen atoms in total. The van der Waals surface area contributed by atoms with Gasteiger partial charge in [-0.15, -0.1) is 0 Å². The molecule has 0 aromatic heterocycles. The van der Waals surface area contributed by atoms with E-state index in [1.165, 1.54) is 11.1 Å². The van der Waals surface area contributed by atoms with E-state index in [9.17, 15) is 0 Å². The smallest absolute Gasteiger partial charge is 0.0462 e. The molecule has 4 rings (SSSR count). The molecule has 0 aliphatic heterocycles. The normalized spacial score (nSPS) is 16.2.